The van der Waals surface area contributed by atoms with Crippen LogP contribution in [0.3, 0.4) is 0 Å². The van der Waals surface area contributed by atoms with Crippen molar-refractivity contribution in [3.8, 4) is 0 Å². The first-order chi connectivity index (χ1) is 5.82. The second-order valence-electron chi connectivity index (χ2n) is 4.44. The molecule has 3 heteroatoms. The van der Waals surface area contributed by atoms with Gasteiger partial charge in [-0.1, -0.05) is 19.6 Å². The van der Waals surface area contributed by atoms with Crippen molar-refractivity contribution in [2.45, 2.75) is 26.6 Å². The van der Waals surface area contributed by atoms with Crippen LogP contribution in [0.4, 0.5) is 10.1 Å². The number of nitrogen functional groups attached to an aromatic ring is 1. The third-order valence-electron chi connectivity index (χ3n) is 2.14. The Balaban J connectivity index is 3.32. The van der Waals surface area contributed by atoms with Crippen LogP contribution in [0.25, 0.3) is 0 Å². The Morgan fingerprint density at radius 3 is 2.23 bits per heavy atom. The number of anilines is 1. The molecule has 2 N–H and O–H groups in total. The molecule has 1 aromatic rings. The summed E-state index contributed by atoms with van der Waals surface area (Å²) >= 11 is 0. The summed E-state index contributed by atoms with van der Waals surface area (Å²) in [5, 5.41) is 1.01. The van der Waals surface area contributed by atoms with Crippen LogP contribution in [0.2, 0.25) is 19.6 Å². The van der Waals surface area contributed by atoms with Crippen LogP contribution >= 0.6 is 0 Å². The van der Waals surface area contributed by atoms with E-state index in [9.17, 15) is 4.39 Å². The molecule has 0 aromatic heterocycles. The van der Waals surface area contributed by atoms with Crippen LogP contribution in [0.1, 0.15) is 5.56 Å². The van der Waals surface area contributed by atoms with Crippen LogP contribution in [0.5, 0.6) is 0 Å². The van der Waals surface area contributed by atoms with E-state index in [1.165, 1.54) is 0 Å². The monoisotopic (exact) mass is 197 g/mol. The third kappa shape index (κ3) is 2.09. The molecule has 0 saturated heterocycles. The minimum atomic E-state index is -1.50. The first kappa shape index (κ1) is 10.2. The largest absolute Gasteiger partial charge is 0.399 e. The summed E-state index contributed by atoms with van der Waals surface area (Å²) in [4.78, 5) is 0. The Kier molecular flexibility index (Phi) is 2.48. The Labute approximate surface area is 79.8 Å². The number of halogens is 1. The lowest BCUT2D eigenvalue weighted by Crippen LogP contribution is -2.39. The lowest BCUT2D eigenvalue weighted by atomic mass is 10.2. The van der Waals surface area contributed by atoms with E-state index in [1.54, 1.807) is 19.1 Å². The number of hydrogen-bond donors (Lipinski definition) is 1. The van der Waals surface area contributed by atoms with E-state index in [2.05, 4.69) is 19.6 Å². The van der Waals surface area contributed by atoms with Crippen LogP contribution in [-0.4, -0.2) is 8.07 Å². The van der Waals surface area contributed by atoms with Crippen molar-refractivity contribution in [3.63, 3.8) is 0 Å². The normalized spacial score (nSPS) is 11.8. The standard InChI is InChI=1S/C10H16FNSi/c1-7-5-9(12)10(6-8(7)11)13(2,3)4/h5-6H,12H2,1-4H3. The lowest BCUT2D eigenvalue weighted by molar-refractivity contribution is 0.620. The fourth-order valence-corrected chi connectivity index (χ4v) is 2.85. The molecule has 0 aliphatic rings. The smallest absolute Gasteiger partial charge is 0.126 e. The molecule has 0 fully saturated rings. The predicted octanol–water partition coefficient (Wildman–Crippen LogP) is 2.26. The molecule has 0 aliphatic carbocycles. The van der Waals surface area contributed by atoms with Gasteiger partial charge in [-0.05, 0) is 29.8 Å². The Hall–Kier alpha value is -0.833. The molecule has 0 unspecified atom stereocenters. The second kappa shape index (κ2) is 3.14. The first-order valence-electron chi connectivity index (χ1n) is 4.38. The van der Waals surface area contributed by atoms with Gasteiger partial charge in [0.25, 0.3) is 0 Å². The van der Waals surface area contributed by atoms with Crippen LogP contribution in [-0.2, 0) is 0 Å². The summed E-state index contributed by atoms with van der Waals surface area (Å²) in [5.74, 6) is -0.147. The summed E-state index contributed by atoms with van der Waals surface area (Å²) in [6.07, 6.45) is 0. The number of aryl methyl sites for hydroxylation is 1. The molecule has 72 valence electrons. The molecular weight excluding hydrogens is 181 g/mol. The van der Waals surface area contributed by atoms with Gasteiger partial charge in [0.05, 0.1) is 8.07 Å². The highest BCUT2D eigenvalue weighted by Gasteiger charge is 2.20. The Bertz CT molecular complexity index is 328. The second-order valence-corrected chi connectivity index (χ2v) is 9.48. The van der Waals surface area contributed by atoms with Gasteiger partial charge in [-0.15, -0.1) is 0 Å². The molecule has 13 heavy (non-hydrogen) atoms. The van der Waals surface area contributed by atoms with E-state index < -0.39 is 8.07 Å². The zero-order valence-corrected chi connectivity index (χ0v) is 9.61. The van der Waals surface area contributed by atoms with Crippen molar-refractivity contribution >= 4 is 18.9 Å². The zero-order chi connectivity index (χ0) is 10.2. The summed E-state index contributed by atoms with van der Waals surface area (Å²) in [7, 11) is -1.50. The van der Waals surface area contributed by atoms with E-state index >= 15 is 0 Å². The van der Waals surface area contributed by atoms with Crippen molar-refractivity contribution in [1.29, 1.82) is 0 Å². The summed E-state index contributed by atoms with van der Waals surface area (Å²) in [6, 6.07) is 3.32. The van der Waals surface area contributed by atoms with Crippen LogP contribution < -0.4 is 10.9 Å². The Morgan fingerprint density at radius 2 is 1.77 bits per heavy atom. The molecular formula is C10H16FNSi. The van der Waals surface area contributed by atoms with Crippen molar-refractivity contribution in [1.82, 2.24) is 0 Å². The first-order valence-corrected chi connectivity index (χ1v) is 7.88. The number of rotatable bonds is 1. The minimum Gasteiger partial charge on any atom is -0.399 e. The molecule has 1 rings (SSSR count). The fraction of sp³-hybridized carbons (Fsp3) is 0.400. The molecule has 0 atom stereocenters. The van der Waals surface area contributed by atoms with Crippen molar-refractivity contribution in [2.75, 3.05) is 5.73 Å². The number of benzene rings is 1. The van der Waals surface area contributed by atoms with Gasteiger partial charge in [0.2, 0.25) is 0 Å². The lowest BCUT2D eigenvalue weighted by Gasteiger charge is -2.19. The van der Waals surface area contributed by atoms with E-state index in [1.807, 2.05) is 0 Å². The van der Waals surface area contributed by atoms with Crippen LogP contribution in [0, 0.1) is 12.7 Å². The molecule has 0 bridgehead atoms. The topological polar surface area (TPSA) is 26.0 Å². The van der Waals surface area contributed by atoms with Gasteiger partial charge < -0.3 is 5.73 Å². The minimum absolute atomic E-state index is 0.147. The summed E-state index contributed by atoms with van der Waals surface area (Å²) in [6.45, 7) is 8.22. The maximum absolute atomic E-state index is 13.3. The van der Waals surface area contributed by atoms with Crippen LogP contribution in [0.15, 0.2) is 12.1 Å². The number of hydrogen-bond acceptors (Lipinski definition) is 1. The average Bonchev–Trinajstić information content (AvgIpc) is 1.94. The van der Waals surface area contributed by atoms with Crippen molar-refractivity contribution in [3.05, 3.63) is 23.5 Å². The Morgan fingerprint density at radius 1 is 1.23 bits per heavy atom. The molecule has 0 aliphatic heterocycles. The van der Waals surface area contributed by atoms with E-state index in [0.29, 0.717) is 5.56 Å². The molecule has 0 saturated carbocycles. The van der Waals surface area contributed by atoms with Gasteiger partial charge in [0.1, 0.15) is 5.82 Å². The highest BCUT2D eigenvalue weighted by molar-refractivity contribution is 6.89. The van der Waals surface area contributed by atoms with Gasteiger partial charge in [-0.2, -0.15) is 0 Å². The predicted molar refractivity (Wildman–Crippen MR) is 58.5 cm³/mol. The van der Waals surface area contributed by atoms with E-state index in [0.717, 1.165) is 10.9 Å². The quantitative estimate of drug-likeness (QED) is 0.542. The molecule has 0 amide bonds. The zero-order valence-electron chi connectivity index (χ0n) is 8.61. The maximum Gasteiger partial charge on any atom is 0.126 e. The highest BCUT2D eigenvalue weighted by Crippen LogP contribution is 2.14. The highest BCUT2D eigenvalue weighted by atomic mass is 28.3. The van der Waals surface area contributed by atoms with Crippen molar-refractivity contribution < 1.29 is 4.39 Å². The summed E-state index contributed by atoms with van der Waals surface area (Å²) in [5.41, 5.74) is 7.20. The van der Waals surface area contributed by atoms with Gasteiger partial charge in [0.15, 0.2) is 0 Å². The van der Waals surface area contributed by atoms with Gasteiger partial charge >= 0.3 is 0 Å². The molecule has 0 spiro atoms. The average molecular weight is 197 g/mol. The van der Waals surface area contributed by atoms with Gasteiger partial charge in [0, 0.05) is 5.69 Å². The fourth-order valence-electron chi connectivity index (χ4n) is 1.35. The van der Waals surface area contributed by atoms with E-state index in [-0.39, 0.29) is 5.82 Å². The SMILES string of the molecule is Cc1cc(N)c([Si](C)(C)C)cc1F. The van der Waals surface area contributed by atoms with Gasteiger partial charge in [-0.25, -0.2) is 4.39 Å². The van der Waals surface area contributed by atoms with E-state index in [4.69, 9.17) is 5.73 Å². The molecule has 0 heterocycles. The number of nitrogens with two attached hydrogens (primary N) is 1. The summed E-state index contributed by atoms with van der Waals surface area (Å²) < 4.78 is 13.3. The van der Waals surface area contributed by atoms with Gasteiger partial charge in [-0.3, -0.25) is 0 Å². The van der Waals surface area contributed by atoms with Crippen molar-refractivity contribution in [2.24, 2.45) is 0 Å². The third-order valence-corrected chi connectivity index (χ3v) is 4.19. The molecule has 0 radical (unpaired) electrons. The molecule has 1 aromatic carbocycles. The maximum atomic E-state index is 13.3. The molecule has 1 nitrogen and oxygen atoms in total.